The zero-order valence-electron chi connectivity index (χ0n) is 16.3. The molecule has 0 atom stereocenters. The van der Waals surface area contributed by atoms with E-state index in [1.807, 2.05) is 12.1 Å². The van der Waals surface area contributed by atoms with E-state index in [4.69, 9.17) is 0 Å². The number of carbonyl (C=O) groups is 1. The lowest BCUT2D eigenvalue weighted by molar-refractivity contribution is -0.120. The van der Waals surface area contributed by atoms with E-state index in [1.54, 1.807) is 18.5 Å². The van der Waals surface area contributed by atoms with E-state index in [0.29, 0.717) is 37.4 Å². The number of hydrogen-bond acceptors (Lipinski definition) is 8. The number of nitrogens with one attached hydrogen (secondary N) is 1. The van der Waals surface area contributed by atoms with Crippen LogP contribution < -0.4 is 10.2 Å². The fourth-order valence-corrected chi connectivity index (χ4v) is 3.97. The van der Waals surface area contributed by atoms with E-state index in [2.05, 4.69) is 30.5 Å². The quantitative estimate of drug-likeness (QED) is 0.647. The first kappa shape index (κ1) is 20.0. The van der Waals surface area contributed by atoms with Crippen molar-refractivity contribution >= 4 is 27.2 Å². The van der Waals surface area contributed by atoms with E-state index in [1.165, 1.54) is 23.1 Å². The fourth-order valence-electron chi connectivity index (χ4n) is 3.34. The Bertz CT molecular complexity index is 1110. The summed E-state index contributed by atoms with van der Waals surface area (Å²) in [5.41, 5.74) is 0.587. The molecule has 1 fully saturated rings. The highest BCUT2D eigenvalue weighted by atomic mass is 32.2. The highest BCUT2D eigenvalue weighted by Gasteiger charge is 2.26. The number of aromatic nitrogens is 5. The Balaban J connectivity index is 1.32. The average molecular weight is 427 g/mol. The first-order valence-electron chi connectivity index (χ1n) is 9.45. The Labute approximate surface area is 173 Å². The van der Waals surface area contributed by atoms with Gasteiger partial charge in [-0.3, -0.25) is 4.79 Å². The Morgan fingerprint density at radius 1 is 1.03 bits per heavy atom. The highest BCUT2D eigenvalue weighted by Crippen LogP contribution is 2.23. The molecule has 3 aromatic rings. The van der Waals surface area contributed by atoms with Gasteiger partial charge in [0.05, 0.1) is 4.90 Å². The van der Waals surface area contributed by atoms with Gasteiger partial charge in [-0.1, -0.05) is 0 Å². The van der Waals surface area contributed by atoms with Crippen molar-refractivity contribution in [2.45, 2.75) is 17.7 Å². The standard InChI is InChI=1S/C19H21N7O3S/c1-30(28,29)16-4-2-15(3-5-16)22-19(27)14-8-10-25(11-9-14)17-6-7-18(24-23-17)26-13-20-12-21-26/h2-7,12-14H,8-11H2,1H3,(H,22,27). The van der Waals surface area contributed by atoms with E-state index in [-0.39, 0.29) is 16.7 Å². The topological polar surface area (TPSA) is 123 Å². The van der Waals surface area contributed by atoms with E-state index >= 15 is 0 Å². The second-order valence-electron chi connectivity index (χ2n) is 7.14. The summed E-state index contributed by atoms with van der Waals surface area (Å²) < 4.78 is 24.6. The molecular formula is C19H21N7O3S. The molecule has 0 aliphatic carbocycles. The minimum atomic E-state index is -3.25. The summed E-state index contributed by atoms with van der Waals surface area (Å²) in [5, 5.41) is 15.3. The summed E-state index contributed by atoms with van der Waals surface area (Å²) >= 11 is 0. The van der Waals surface area contributed by atoms with Crippen LogP contribution in [-0.4, -0.2) is 58.6 Å². The Morgan fingerprint density at radius 2 is 1.70 bits per heavy atom. The number of anilines is 2. The maximum Gasteiger partial charge on any atom is 0.227 e. The zero-order valence-corrected chi connectivity index (χ0v) is 17.2. The van der Waals surface area contributed by atoms with Crippen molar-refractivity contribution in [3.63, 3.8) is 0 Å². The SMILES string of the molecule is CS(=O)(=O)c1ccc(NC(=O)C2CCN(c3ccc(-n4cncn4)nn3)CC2)cc1. The number of amides is 1. The second kappa shape index (κ2) is 8.19. The molecule has 0 saturated carbocycles. The molecule has 10 nitrogen and oxygen atoms in total. The van der Waals surface area contributed by atoms with Gasteiger partial charge in [0.15, 0.2) is 21.5 Å². The number of nitrogens with zero attached hydrogens (tertiary/aromatic N) is 6. The molecule has 0 spiro atoms. The Hall–Kier alpha value is -3.34. The van der Waals surface area contributed by atoms with Crippen LogP contribution >= 0.6 is 0 Å². The lowest BCUT2D eigenvalue weighted by atomic mass is 9.96. The molecule has 1 aromatic carbocycles. The van der Waals surface area contributed by atoms with Crippen molar-refractivity contribution in [2.24, 2.45) is 5.92 Å². The minimum Gasteiger partial charge on any atom is -0.355 e. The molecule has 1 aliphatic rings. The molecule has 1 saturated heterocycles. The molecule has 156 valence electrons. The normalized spacial score (nSPS) is 15.2. The molecule has 2 aromatic heterocycles. The molecule has 0 radical (unpaired) electrons. The Morgan fingerprint density at radius 3 is 2.27 bits per heavy atom. The van der Waals surface area contributed by atoms with E-state index in [9.17, 15) is 13.2 Å². The number of carbonyl (C=O) groups excluding carboxylic acids is 1. The van der Waals surface area contributed by atoms with Crippen LogP contribution in [0.5, 0.6) is 0 Å². The van der Waals surface area contributed by atoms with Crippen molar-refractivity contribution in [1.82, 2.24) is 25.0 Å². The summed E-state index contributed by atoms with van der Waals surface area (Å²) in [6.45, 7) is 1.39. The highest BCUT2D eigenvalue weighted by molar-refractivity contribution is 7.90. The second-order valence-corrected chi connectivity index (χ2v) is 9.15. The molecule has 0 unspecified atom stereocenters. The van der Waals surface area contributed by atoms with Crippen LogP contribution in [-0.2, 0) is 14.6 Å². The van der Waals surface area contributed by atoms with Crippen molar-refractivity contribution in [2.75, 3.05) is 29.6 Å². The van der Waals surface area contributed by atoms with Gasteiger partial charge in [-0.25, -0.2) is 18.1 Å². The van der Waals surface area contributed by atoms with Gasteiger partial charge in [0.2, 0.25) is 5.91 Å². The van der Waals surface area contributed by atoms with Crippen LogP contribution in [0, 0.1) is 5.92 Å². The third kappa shape index (κ3) is 4.46. The minimum absolute atomic E-state index is 0.0608. The molecule has 30 heavy (non-hydrogen) atoms. The van der Waals surface area contributed by atoms with Crippen molar-refractivity contribution < 1.29 is 13.2 Å². The van der Waals surface area contributed by atoms with Gasteiger partial charge in [-0.2, -0.15) is 5.10 Å². The number of hydrogen-bond donors (Lipinski definition) is 1. The Kier molecular flexibility index (Phi) is 5.44. The molecule has 0 bridgehead atoms. The predicted octanol–water partition coefficient (Wildman–Crippen LogP) is 1.32. The van der Waals surface area contributed by atoms with Gasteiger partial charge in [-0.05, 0) is 49.2 Å². The molecule has 1 N–H and O–H groups in total. The summed E-state index contributed by atoms with van der Waals surface area (Å²) in [6.07, 6.45) is 5.54. The van der Waals surface area contributed by atoms with Gasteiger partial charge in [0.1, 0.15) is 12.7 Å². The molecule has 4 rings (SSSR count). The van der Waals surface area contributed by atoms with Crippen LogP contribution in [0.1, 0.15) is 12.8 Å². The molecule has 11 heteroatoms. The van der Waals surface area contributed by atoms with Crippen LogP contribution in [0.15, 0.2) is 53.9 Å². The largest absolute Gasteiger partial charge is 0.355 e. The van der Waals surface area contributed by atoms with Gasteiger partial charge in [0.25, 0.3) is 0 Å². The number of benzene rings is 1. The lowest BCUT2D eigenvalue weighted by Gasteiger charge is -2.31. The average Bonchev–Trinajstić information content (AvgIpc) is 3.29. The third-order valence-corrected chi connectivity index (χ3v) is 6.16. The van der Waals surface area contributed by atoms with Crippen LogP contribution in [0.3, 0.4) is 0 Å². The monoisotopic (exact) mass is 427 g/mol. The smallest absolute Gasteiger partial charge is 0.227 e. The lowest BCUT2D eigenvalue weighted by Crippen LogP contribution is -2.38. The summed E-state index contributed by atoms with van der Waals surface area (Å²) in [5.74, 6) is 1.18. The van der Waals surface area contributed by atoms with Gasteiger partial charge in [-0.15, -0.1) is 10.2 Å². The van der Waals surface area contributed by atoms with Gasteiger partial charge in [0, 0.05) is 31.0 Å². The summed E-state index contributed by atoms with van der Waals surface area (Å²) in [6, 6.07) is 9.92. The number of rotatable bonds is 5. The van der Waals surface area contributed by atoms with E-state index in [0.717, 1.165) is 12.1 Å². The third-order valence-electron chi connectivity index (χ3n) is 5.03. The van der Waals surface area contributed by atoms with Crippen LogP contribution in [0.2, 0.25) is 0 Å². The molecular weight excluding hydrogens is 406 g/mol. The molecule has 1 amide bonds. The molecule has 3 heterocycles. The van der Waals surface area contributed by atoms with Gasteiger partial charge < -0.3 is 10.2 Å². The zero-order chi connectivity index (χ0) is 21.1. The summed E-state index contributed by atoms with van der Waals surface area (Å²) in [4.78, 5) is 18.8. The van der Waals surface area contributed by atoms with Crippen LogP contribution in [0.25, 0.3) is 5.82 Å². The van der Waals surface area contributed by atoms with Crippen LogP contribution in [0.4, 0.5) is 11.5 Å². The maximum atomic E-state index is 12.6. The first-order valence-corrected chi connectivity index (χ1v) is 11.3. The van der Waals surface area contributed by atoms with E-state index < -0.39 is 9.84 Å². The van der Waals surface area contributed by atoms with Crippen molar-refractivity contribution in [3.8, 4) is 5.82 Å². The predicted molar refractivity (Wildman–Crippen MR) is 110 cm³/mol. The van der Waals surface area contributed by atoms with Crippen molar-refractivity contribution in [3.05, 3.63) is 49.1 Å². The molecule has 1 aliphatic heterocycles. The summed E-state index contributed by atoms with van der Waals surface area (Å²) in [7, 11) is -3.25. The maximum absolute atomic E-state index is 12.6. The van der Waals surface area contributed by atoms with Crippen molar-refractivity contribution in [1.29, 1.82) is 0 Å². The van der Waals surface area contributed by atoms with Gasteiger partial charge >= 0.3 is 0 Å². The number of sulfone groups is 1. The number of piperidine rings is 1. The first-order chi connectivity index (χ1) is 14.4. The fraction of sp³-hybridized carbons (Fsp3) is 0.316.